The van der Waals surface area contributed by atoms with Gasteiger partial charge in [0.25, 0.3) is 0 Å². The standard InChI is InChI=1S/C19H29NO/c1-15(16-5-7-18(21-2)8-6-16)20-17-9-13-19(14-10-17)11-3-4-12-19/h5-8,15,17,20H,3-4,9-14H2,1-2H3/t15-/m0/s1. The normalized spacial score (nSPS) is 23.3. The monoisotopic (exact) mass is 287 g/mol. The van der Waals surface area contributed by atoms with Crippen LogP contribution in [-0.4, -0.2) is 13.2 Å². The van der Waals surface area contributed by atoms with Crippen molar-refractivity contribution in [2.24, 2.45) is 5.41 Å². The molecule has 0 heterocycles. The Kier molecular flexibility index (Phi) is 4.54. The number of methoxy groups -OCH3 is 1. The van der Waals surface area contributed by atoms with Crippen molar-refractivity contribution >= 4 is 0 Å². The van der Waals surface area contributed by atoms with Crippen LogP contribution in [0.15, 0.2) is 24.3 Å². The first kappa shape index (κ1) is 14.9. The van der Waals surface area contributed by atoms with Gasteiger partial charge in [-0.05, 0) is 68.6 Å². The first-order valence-corrected chi connectivity index (χ1v) is 8.61. The summed E-state index contributed by atoms with van der Waals surface area (Å²) in [6, 6.07) is 9.60. The first-order valence-electron chi connectivity index (χ1n) is 8.61. The summed E-state index contributed by atoms with van der Waals surface area (Å²) in [5.41, 5.74) is 2.10. The van der Waals surface area contributed by atoms with Gasteiger partial charge in [-0.3, -0.25) is 0 Å². The minimum atomic E-state index is 0.429. The van der Waals surface area contributed by atoms with Gasteiger partial charge in [-0.25, -0.2) is 0 Å². The second kappa shape index (κ2) is 6.39. The van der Waals surface area contributed by atoms with Gasteiger partial charge in [-0.1, -0.05) is 25.0 Å². The Morgan fingerprint density at radius 1 is 1.05 bits per heavy atom. The number of hydrogen-bond acceptors (Lipinski definition) is 2. The van der Waals surface area contributed by atoms with Gasteiger partial charge in [0.2, 0.25) is 0 Å². The van der Waals surface area contributed by atoms with Crippen LogP contribution in [-0.2, 0) is 0 Å². The summed E-state index contributed by atoms with van der Waals surface area (Å²) in [5, 5.41) is 3.84. The minimum Gasteiger partial charge on any atom is -0.497 e. The zero-order chi connectivity index (χ0) is 14.7. The van der Waals surface area contributed by atoms with Crippen molar-refractivity contribution in [3.05, 3.63) is 29.8 Å². The summed E-state index contributed by atoms with van der Waals surface area (Å²) in [6.45, 7) is 2.28. The zero-order valence-corrected chi connectivity index (χ0v) is 13.5. The lowest BCUT2D eigenvalue weighted by molar-refractivity contribution is 0.164. The zero-order valence-electron chi connectivity index (χ0n) is 13.5. The number of benzene rings is 1. The molecule has 2 aliphatic rings. The van der Waals surface area contributed by atoms with Gasteiger partial charge in [0, 0.05) is 12.1 Å². The molecule has 2 fully saturated rings. The molecular weight excluding hydrogens is 258 g/mol. The molecule has 21 heavy (non-hydrogen) atoms. The van der Waals surface area contributed by atoms with Gasteiger partial charge in [0.05, 0.1) is 7.11 Å². The Morgan fingerprint density at radius 2 is 1.67 bits per heavy atom. The highest BCUT2D eigenvalue weighted by atomic mass is 16.5. The van der Waals surface area contributed by atoms with Crippen molar-refractivity contribution in [3.63, 3.8) is 0 Å². The lowest BCUT2D eigenvalue weighted by Gasteiger charge is -2.38. The molecule has 1 N–H and O–H groups in total. The van der Waals surface area contributed by atoms with Gasteiger partial charge < -0.3 is 10.1 Å². The van der Waals surface area contributed by atoms with Crippen LogP contribution in [0.5, 0.6) is 5.75 Å². The predicted molar refractivity (Wildman–Crippen MR) is 87.7 cm³/mol. The summed E-state index contributed by atoms with van der Waals surface area (Å²) in [6.07, 6.45) is 11.5. The van der Waals surface area contributed by atoms with Gasteiger partial charge in [-0.15, -0.1) is 0 Å². The molecule has 1 aromatic rings. The number of nitrogens with one attached hydrogen (secondary N) is 1. The largest absolute Gasteiger partial charge is 0.497 e. The predicted octanol–water partition coefficient (Wildman–Crippen LogP) is 4.85. The van der Waals surface area contributed by atoms with Crippen LogP contribution in [0.2, 0.25) is 0 Å². The summed E-state index contributed by atoms with van der Waals surface area (Å²) in [4.78, 5) is 0. The van der Waals surface area contributed by atoms with E-state index in [-0.39, 0.29) is 0 Å². The van der Waals surface area contributed by atoms with E-state index in [1.165, 1.54) is 56.9 Å². The van der Waals surface area contributed by atoms with Crippen LogP contribution in [0.25, 0.3) is 0 Å². The average molecular weight is 287 g/mol. The fourth-order valence-electron chi connectivity index (χ4n) is 4.36. The third-order valence-electron chi connectivity index (χ3n) is 5.81. The molecule has 0 aliphatic heterocycles. The number of ether oxygens (including phenoxy) is 1. The molecule has 2 heteroatoms. The Hall–Kier alpha value is -1.02. The Labute approximate surface area is 129 Å². The average Bonchev–Trinajstić information content (AvgIpc) is 2.98. The van der Waals surface area contributed by atoms with E-state index in [2.05, 4.69) is 36.5 Å². The Balaban J connectivity index is 1.52. The fraction of sp³-hybridized carbons (Fsp3) is 0.684. The van der Waals surface area contributed by atoms with Gasteiger partial charge in [0.15, 0.2) is 0 Å². The van der Waals surface area contributed by atoms with Crippen molar-refractivity contribution in [2.45, 2.75) is 70.4 Å². The molecule has 1 spiro atoms. The first-order chi connectivity index (χ1) is 10.2. The summed E-state index contributed by atoms with van der Waals surface area (Å²) in [7, 11) is 1.72. The van der Waals surface area contributed by atoms with Crippen molar-refractivity contribution < 1.29 is 4.74 Å². The Bertz CT molecular complexity index is 437. The highest BCUT2D eigenvalue weighted by molar-refractivity contribution is 5.28. The lowest BCUT2D eigenvalue weighted by atomic mass is 9.71. The highest BCUT2D eigenvalue weighted by Gasteiger charge is 2.37. The smallest absolute Gasteiger partial charge is 0.118 e. The molecule has 0 saturated heterocycles. The van der Waals surface area contributed by atoms with Crippen LogP contribution < -0.4 is 10.1 Å². The lowest BCUT2D eigenvalue weighted by Crippen LogP contribution is -2.37. The van der Waals surface area contributed by atoms with Gasteiger partial charge in [-0.2, -0.15) is 0 Å². The second-order valence-electron chi connectivity index (χ2n) is 7.14. The van der Waals surface area contributed by atoms with E-state index in [9.17, 15) is 0 Å². The van der Waals surface area contributed by atoms with E-state index in [4.69, 9.17) is 4.74 Å². The molecule has 2 nitrogen and oxygen atoms in total. The van der Waals surface area contributed by atoms with Crippen molar-refractivity contribution in [1.29, 1.82) is 0 Å². The van der Waals surface area contributed by atoms with Crippen molar-refractivity contribution in [3.8, 4) is 5.75 Å². The molecule has 0 bridgehead atoms. The highest BCUT2D eigenvalue weighted by Crippen LogP contribution is 2.49. The third kappa shape index (κ3) is 3.42. The fourth-order valence-corrected chi connectivity index (χ4v) is 4.36. The number of rotatable bonds is 4. The molecule has 0 unspecified atom stereocenters. The summed E-state index contributed by atoms with van der Waals surface area (Å²) >= 11 is 0. The molecule has 3 rings (SSSR count). The maximum atomic E-state index is 5.23. The number of hydrogen-bond donors (Lipinski definition) is 1. The van der Waals surface area contributed by atoms with E-state index in [1.54, 1.807) is 7.11 Å². The van der Waals surface area contributed by atoms with E-state index in [0.717, 1.165) is 11.2 Å². The summed E-state index contributed by atoms with van der Waals surface area (Å²) in [5.74, 6) is 0.937. The molecule has 116 valence electrons. The molecule has 1 atom stereocenters. The van der Waals surface area contributed by atoms with E-state index >= 15 is 0 Å². The van der Waals surface area contributed by atoms with Crippen LogP contribution in [0.4, 0.5) is 0 Å². The quantitative estimate of drug-likeness (QED) is 0.855. The topological polar surface area (TPSA) is 21.3 Å². The van der Waals surface area contributed by atoms with Crippen LogP contribution in [0.3, 0.4) is 0 Å². The van der Waals surface area contributed by atoms with Gasteiger partial charge in [0.1, 0.15) is 5.75 Å². The van der Waals surface area contributed by atoms with E-state index < -0.39 is 0 Å². The van der Waals surface area contributed by atoms with Gasteiger partial charge >= 0.3 is 0 Å². The van der Waals surface area contributed by atoms with E-state index in [1.807, 2.05) is 0 Å². The summed E-state index contributed by atoms with van der Waals surface area (Å²) < 4.78 is 5.23. The van der Waals surface area contributed by atoms with Crippen LogP contribution >= 0.6 is 0 Å². The molecule has 2 saturated carbocycles. The maximum absolute atomic E-state index is 5.23. The van der Waals surface area contributed by atoms with Crippen molar-refractivity contribution in [1.82, 2.24) is 5.32 Å². The Morgan fingerprint density at radius 3 is 2.24 bits per heavy atom. The molecular formula is C19H29NO. The third-order valence-corrected chi connectivity index (χ3v) is 5.81. The molecule has 1 aromatic carbocycles. The molecule has 0 amide bonds. The second-order valence-corrected chi connectivity index (χ2v) is 7.14. The molecule has 2 aliphatic carbocycles. The molecule has 0 aromatic heterocycles. The minimum absolute atomic E-state index is 0.429. The maximum Gasteiger partial charge on any atom is 0.118 e. The SMILES string of the molecule is COc1ccc([C@H](C)NC2CCC3(CCCC3)CC2)cc1. The van der Waals surface area contributed by atoms with E-state index in [0.29, 0.717) is 12.1 Å². The van der Waals surface area contributed by atoms with Crippen LogP contribution in [0, 0.1) is 5.41 Å². The van der Waals surface area contributed by atoms with Crippen LogP contribution in [0.1, 0.15) is 69.9 Å². The van der Waals surface area contributed by atoms with Crippen molar-refractivity contribution in [2.75, 3.05) is 7.11 Å². The molecule has 0 radical (unpaired) electrons.